The first-order valence-electron chi connectivity index (χ1n) is 3.46. The van der Waals surface area contributed by atoms with Crippen LogP contribution >= 0.6 is 0 Å². The van der Waals surface area contributed by atoms with Gasteiger partial charge in [-0.05, 0) is 0 Å². The normalized spacial score (nSPS) is 12.1. The van der Waals surface area contributed by atoms with Gasteiger partial charge in [0.25, 0.3) is 5.92 Å². The molecule has 0 bridgehead atoms. The fourth-order valence-electron chi connectivity index (χ4n) is 0.562. The van der Waals surface area contributed by atoms with E-state index in [4.69, 9.17) is 5.11 Å². The molecule has 0 aliphatic heterocycles. The molecular formula is C7H12F2O2. The van der Waals surface area contributed by atoms with Gasteiger partial charge in [-0.3, -0.25) is 4.79 Å². The van der Waals surface area contributed by atoms with E-state index in [2.05, 4.69) is 0 Å². The summed E-state index contributed by atoms with van der Waals surface area (Å²) in [5.41, 5.74) is 0. The maximum Gasteiger partial charge on any atom is 0.303 e. The minimum absolute atomic E-state index is 0.467. The largest absolute Gasteiger partial charge is 0.481 e. The van der Waals surface area contributed by atoms with Crippen molar-refractivity contribution >= 4 is 5.97 Å². The summed E-state index contributed by atoms with van der Waals surface area (Å²) in [4.78, 5) is 9.94. The van der Waals surface area contributed by atoms with E-state index in [1.54, 1.807) is 0 Å². The number of carbonyl (C=O) groups is 1. The number of carboxylic acids is 1. The first kappa shape index (κ1) is 10.3. The molecule has 0 fully saturated rings. The lowest BCUT2D eigenvalue weighted by atomic mass is 10.0. The monoisotopic (exact) mass is 166 g/mol. The highest BCUT2D eigenvalue weighted by molar-refractivity contribution is 5.66. The van der Waals surface area contributed by atoms with Crippen molar-refractivity contribution in [1.29, 1.82) is 0 Å². The Kier molecular flexibility index (Phi) is 3.42. The third kappa shape index (κ3) is 3.91. The van der Waals surface area contributed by atoms with Gasteiger partial charge in [0.15, 0.2) is 0 Å². The van der Waals surface area contributed by atoms with Crippen LogP contribution in [-0.2, 0) is 4.79 Å². The maximum atomic E-state index is 12.6. The number of alkyl halides is 2. The van der Waals surface area contributed by atoms with Crippen LogP contribution in [0, 0.1) is 5.92 Å². The zero-order valence-corrected chi connectivity index (χ0v) is 6.60. The zero-order valence-electron chi connectivity index (χ0n) is 6.60. The highest BCUT2D eigenvalue weighted by Gasteiger charge is 2.33. The molecule has 1 N–H and O–H groups in total. The van der Waals surface area contributed by atoms with E-state index in [0.29, 0.717) is 0 Å². The molecular weight excluding hydrogens is 154 g/mol. The van der Waals surface area contributed by atoms with Crippen molar-refractivity contribution in [1.82, 2.24) is 0 Å². The van der Waals surface area contributed by atoms with Crippen molar-refractivity contribution in [3.63, 3.8) is 0 Å². The molecule has 0 atom stereocenters. The molecule has 0 aromatic carbocycles. The van der Waals surface area contributed by atoms with Gasteiger partial charge in [0.1, 0.15) is 0 Å². The van der Waals surface area contributed by atoms with Crippen LogP contribution in [0.15, 0.2) is 0 Å². The van der Waals surface area contributed by atoms with Crippen LogP contribution in [0.5, 0.6) is 0 Å². The maximum absolute atomic E-state index is 12.6. The summed E-state index contributed by atoms with van der Waals surface area (Å²) in [5.74, 6) is -4.81. The molecule has 0 rings (SSSR count). The number of carboxylic acid groups (broad SMARTS) is 1. The molecule has 66 valence electrons. The van der Waals surface area contributed by atoms with Gasteiger partial charge in [-0.2, -0.15) is 0 Å². The van der Waals surface area contributed by atoms with Gasteiger partial charge in [0.05, 0.1) is 6.42 Å². The van der Waals surface area contributed by atoms with Gasteiger partial charge < -0.3 is 5.11 Å². The Morgan fingerprint density at radius 1 is 1.55 bits per heavy atom. The van der Waals surface area contributed by atoms with Crippen LogP contribution in [0.1, 0.15) is 26.7 Å². The summed E-state index contributed by atoms with van der Waals surface area (Å²) in [5, 5.41) is 8.13. The van der Waals surface area contributed by atoms with Crippen molar-refractivity contribution < 1.29 is 18.7 Å². The Hall–Kier alpha value is -0.670. The molecule has 0 saturated heterocycles. The standard InChI is InChI=1S/C7H12F2O2/c1-5(2)7(8,9)4-3-6(10)11/h5H,3-4H2,1-2H3,(H,10,11). The lowest BCUT2D eigenvalue weighted by molar-refractivity contribution is -0.140. The number of rotatable bonds is 4. The second-order valence-electron chi connectivity index (χ2n) is 2.81. The molecule has 4 heteroatoms. The van der Waals surface area contributed by atoms with Crippen LogP contribution < -0.4 is 0 Å². The number of hydrogen-bond donors (Lipinski definition) is 1. The van der Waals surface area contributed by atoms with E-state index < -0.39 is 30.7 Å². The summed E-state index contributed by atoms with van der Waals surface area (Å²) < 4.78 is 25.3. The summed E-state index contributed by atoms with van der Waals surface area (Å²) in [6.45, 7) is 2.75. The Balaban J connectivity index is 3.82. The van der Waals surface area contributed by atoms with Gasteiger partial charge in [-0.25, -0.2) is 8.78 Å². The summed E-state index contributed by atoms with van der Waals surface area (Å²) >= 11 is 0. The molecule has 0 aromatic rings. The number of hydrogen-bond acceptors (Lipinski definition) is 1. The summed E-state index contributed by atoms with van der Waals surface area (Å²) in [7, 11) is 0. The van der Waals surface area contributed by atoms with Crippen LogP contribution in [-0.4, -0.2) is 17.0 Å². The molecule has 11 heavy (non-hydrogen) atoms. The summed E-state index contributed by atoms with van der Waals surface area (Å²) in [6.07, 6.45) is -1.04. The predicted molar refractivity (Wildman–Crippen MR) is 36.7 cm³/mol. The molecule has 0 unspecified atom stereocenters. The van der Waals surface area contributed by atoms with E-state index in [0.717, 1.165) is 0 Å². The second kappa shape index (κ2) is 3.64. The highest BCUT2D eigenvalue weighted by Crippen LogP contribution is 2.28. The molecule has 0 aromatic heterocycles. The highest BCUT2D eigenvalue weighted by atomic mass is 19.3. The molecule has 0 spiro atoms. The smallest absolute Gasteiger partial charge is 0.303 e. The van der Waals surface area contributed by atoms with Gasteiger partial charge in [-0.1, -0.05) is 13.8 Å². The fourth-order valence-corrected chi connectivity index (χ4v) is 0.562. The Morgan fingerprint density at radius 2 is 2.00 bits per heavy atom. The minimum atomic E-state index is -2.85. The van der Waals surface area contributed by atoms with Crippen LogP contribution in [0.4, 0.5) is 8.78 Å². The van der Waals surface area contributed by atoms with E-state index in [1.807, 2.05) is 0 Å². The molecule has 0 heterocycles. The molecule has 0 radical (unpaired) electrons. The fraction of sp³-hybridized carbons (Fsp3) is 0.857. The minimum Gasteiger partial charge on any atom is -0.481 e. The van der Waals surface area contributed by atoms with Gasteiger partial charge in [0, 0.05) is 12.3 Å². The SMILES string of the molecule is CC(C)C(F)(F)CCC(=O)O. The van der Waals surface area contributed by atoms with Crippen molar-refractivity contribution in [3.8, 4) is 0 Å². The lowest BCUT2D eigenvalue weighted by Crippen LogP contribution is -2.24. The van der Waals surface area contributed by atoms with Crippen LogP contribution in [0.25, 0.3) is 0 Å². The average molecular weight is 166 g/mol. The van der Waals surface area contributed by atoms with E-state index in [9.17, 15) is 13.6 Å². The number of aliphatic carboxylic acids is 1. The van der Waals surface area contributed by atoms with Crippen molar-refractivity contribution in [2.75, 3.05) is 0 Å². The predicted octanol–water partition coefficient (Wildman–Crippen LogP) is 2.14. The quantitative estimate of drug-likeness (QED) is 0.694. The van der Waals surface area contributed by atoms with Crippen LogP contribution in [0.2, 0.25) is 0 Å². The lowest BCUT2D eigenvalue weighted by Gasteiger charge is -2.18. The Bertz CT molecular complexity index is 143. The van der Waals surface area contributed by atoms with Gasteiger partial charge in [-0.15, -0.1) is 0 Å². The van der Waals surface area contributed by atoms with Crippen molar-refractivity contribution in [2.24, 2.45) is 5.92 Å². The second-order valence-corrected chi connectivity index (χ2v) is 2.81. The topological polar surface area (TPSA) is 37.3 Å². The van der Waals surface area contributed by atoms with Crippen molar-refractivity contribution in [2.45, 2.75) is 32.6 Å². The first-order valence-corrected chi connectivity index (χ1v) is 3.46. The molecule has 0 aliphatic rings. The first-order chi connectivity index (χ1) is 4.86. The third-order valence-corrected chi connectivity index (χ3v) is 1.52. The van der Waals surface area contributed by atoms with Gasteiger partial charge >= 0.3 is 5.97 Å². The van der Waals surface area contributed by atoms with E-state index >= 15 is 0 Å². The summed E-state index contributed by atoms with van der Waals surface area (Å²) in [6, 6.07) is 0. The van der Waals surface area contributed by atoms with Crippen LogP contribution in [0.3, 0.4) is 0 Å². The molecule has 2 nitrogen and oxygen atoms in total. The average Bonchev–Trinajstić information content (AvgIpc) is 1.84. The van der Waals surface area contributed by atoms with E-state index in [-0.39, 0.29) is 0 Å². The van der Waals surface area contributed by atoms with Crippen molar-refractivity contribution in [3.05, 3.63) is 0 Å². The molecule has 0 amide bonds. The Morgan fingerprint density at radius 3 is 2.27 bits per heavy atom. The molecule has 0 saturated carbocycles. The molecule has 0 aliphatic carbocycles. The Labute approximate surface area is 64.2 Å². The number of halogens is 2. The van der Waals surface area contributed by atoms with E-state index in [1.165, 1.54) is 13.8 Å². The third-order valence-electron chi connectivity index (χ3n) is 1.52. The van der Waals surface area contributed by atoms with Gasteiger partial charge in [0.2, 0.25) is 0 Å². The zero-order chi connectivity index (χ0) is 9.07.